The molecule has 0 aromatic heterocycles. The van der Waals surface area contributed by atoms with E-state index in [2.05, 4.69) is 34.6 Å². The van der Waals surface area contributed by atoms with Crippen LogP contribution in [0.15, 0.2) is 29.3 Å². The lowest BCUT2D eigenvalue weighted by Crippen LogP contribution is -2.21. The number of nitrogens with zero attached hydrogens (tertiary/aromatic N) is 1. The van der Waals surface area contributed by atoms with Gasteiger partial charge in [0.25, 0.3) is 0 Å². The van der Waals surface area contributed by atoms with Crippen molar-refractivity contribution in [3.63, 3.8) is 0 Å². The molecule has 1 N–H and O–H groups in total. The van der Waals surface area contributed by atoms with E-state index in [1.165, 1.54) is 36.2 Å². The second kappa shape index (κ2) is 3.12. The van der Waals surface area contributed by atoms with Gasteiger partial charge in [-0.2, -0.15) is 0 Å². The minimum atomic E-state index is 0.481. The summed E-state index contributed by atoms with van der Waals surface area (Å²) in [7, 11) is 0. The zero-order valence-corrected chi connectivity index (χ0v) is 8.16. The number of aliphatic imine (C=N–C) groups is 1. The van der Waals surface area contributed by atoms with Crippen molar-refractivity contribution >= 4 is 11.4 Å². The van der Waals surface area contributed by atoms with Crippen molar-refractivity contribution in [2.45, 2.75) is 25.3 Å². The maximum atomic E-state index is 4.68. The molecule has 0 saturated carbocycles. The van der Waals surface area contributed by atoms with Crippen LogP contribution in [0, 0.1) is 0 Å². The van der Waals surface area contributed by atoms with E-state index in [-0.39, 0.29) is 0 Å². The molecule has 0 amide bonds. The van der Waals surface area contributed by atoms with Gasteiger partial charge in [-0.1, -0.05) is 18.2 Å². The summed E-state index contributed by atoms with van der Waals surface area (Å²) in [4.78, 5) is 4.68. The third kappa shape index (κ3) is 1.14. The van der Waals surface area contributed by atoms with Crippen LogP contribution in [0.5, 0.6) is 0 Å². The lowest BCUT2D eigenvalue weighted by molar-refractivity contribution is 0.702. The molecule has 2 aliphatic rings. The van der Waals surface area contributed by atoms with Crippen LogP contribution in [0.25, 0.3) is 0 Å². The van der Waals surface area contributed by atoms with Gasteiger partial charge in [0.15, 0.2) is 0 Å². The Hall–Kier alpha value is -1.31. The summed E-state index contributed by atoms with van der Waals surface area (Å²) in [5.41, 5.74) is 3.87. The van der Waals surface area contributed by atoms with Gasteiger partial charge in [0.1, 0.15) is 0 Å². The van der Waals surface area contributed by atoms with E-state index in [1.54, 1.807) is 0 Å². The molecular weight excluding hydrogens is 172 g/mol. The van der Waals surface area contributed by atoms with Gasteiger partial charge in [0.2, 0.25) is 0 Å². The van der Waals surface area contributed by atoms with E-state index in [9.17, 15) is 0 Å². The van der Waals surface area contributed by atoms with Crippen molar-refractivity contribution in [2.75, 3.05) is 11.9 Å². The highest BCUT2D eigenvalue weighted by atomic mass is 15.0. The summed E-state index contributed by atoms with van der Waals surface area (Å²) in [6.07, 6.45) is 3.76. The third-order valence-electron chi connectivity index (χ3n) is 3.05. The van der Waals surface area contributed by atoms with Gasteiger partial charge >= 0.3 is 0 Å². The number of hydrogen-bond donors (Lipinski definition) is 1. The number of hydrogen-bond acceptors (Lipinski definition) is 2. The fourth-order valence-corrected chi connectivity index (χ4v) is 2.34. The molecule has 0 spiro atoms. The minimum absolute atomic E-state index is 0.481. The summed E-state index contributed by atoms with van der Waals surface area (Å²) >= 11 is 0. The van der Waals surface area contributed by atoms with E-state index in [0.29, 0.717) is 6.04 Å². The van der Waals surface area contributed by atoms with Gasteiger partial charge in [-0.25, -0.2) is 0 Å². The summed E-state index contributed by atoms with van der Waals surface area (Å²) in [5, 5.41) is 3.55. The first kappa shape index (κ1) is 8.04. The van der Waals surface area contributed by atoms with Crippen molar-refractivity contribution in [3.8, 4) is 0 Å². The highest BCUT2D eigenvalue weighted by Gasteiger charge is 2.27. The molecule has 1 atom stereocenters. The van der Waals surface area contributed by atoms with Crippen LogP contribution < -0.4 is 5.32 Å². The summed E-state index contributed by atoms with van der Waals surface area (Å²) in [6.45, 7) is 1.00. The summed E-state index contributed by atoms with van der Waals surface area (Å²) < 4.78 is 0. The van der Waals surface area contributed by atoms with Crippen LogP contribution >= 0.6 is 0 Å². The molecule has 0 fully saturated rings. The molecule has 0 aliphatic carbocycles. The fraction of sp³-hybridized carbons (Fsp3) is 0.417. The van der Waals surface area contributed by atoms with Gasteiger partial charge < -0.3 is 5.32 Å². The zero-order chi connectivity index (χ0) is 9.38. The molecular formula is C12H14N2. The normalized spacial score (nSPS) is 24.3. The topological polar surface area (TPSA) is 24.4 Å². The first-order valence-corrected chi connectivity index (χ1v) is 5.35. The van der Waals surface area contributed by atoms with Crippen molar-refractivity contribution in [2.24, 2.45) is 4.99 Å². The number of nitrogens with one attached hydrogen (secondary N) is 1. The summed E-state index contributed by atoms with van der Waals surface area (Å²) in [6, 6.07) is 8.97. The average molecular weight is 186 g/mol. The highest BCUT2D eigenvalue weighted by Crippen LogP contribution is 2.29. The molecule has 2 aliphatic heterocycles. The average Bonchev–Trinajstić information content (AvgIpc) is 2.42. The smallest absolute Gasteiger partial charge is 0.0687 e. The molecule has 2 nitrogen and oxygen atoms in total. The number of fused-ring (bicyclic) bond motifs is 3. The number of benzene rings is 1. The Morgan fingerprint density at radius 2 is 2.14 bits per heavy atom. The van der Waals surface area contributed by atoms with Gasteiger partial charge in [-0.05, 0) is 25.3 Å². The SMILES string of the molecule is c1ccc2c(c1)NC1CCCCN=C21. The van der Waals surface area contributed by atoms with Gasteiger partial charge in [-0.15, -0.1) is 0 Å². The van der Waals surface area contributed by atoms with Crippen LogP contribution in [0.3, 0.4) is 0 Å². The van der Waals surface area contributed by atoms with Crippen LogP contribution in [-0.2, 0) is 0 Å². The first-order chi connectivity index (χ1) is 6.95. The Balaban J connectivity index is 2.07. The Morgan fingerprint density at radius 3 is 3.14 bits per heavy atom. The van der Waals surface area contributed by atoms with Gasteiger partial charge in [0.05, 0.1) is 11.8 Å². The van der Waals surface area contributed by atoms with Crippen LogP contribution in [0.2, 0.25) is 0 Å². The van der Waals surface area contributed by atoms with Crippen molar-refractivity contribution in [1.82, 2.24) is 0 Å². The molecule has 2 heterocycles. The molecule has 0 radical (unpaired) electrons. The zero-order valence-electron chi connectivity index (χ0n) is 8.16. The van der Waals surface area contributed by atoms with E-state index in [1.807, 2.05) is 0 Å². The van der Waals surface area contributed by atoms with E-state index in [4.69, 9.17) is 0 Å². The fourth-order valence-electron chi connectivity index (χ4n) is 2.34. The Morgan fingerprint density at radius 1 is 1.21 bits per heavy atom. The van der Waals surface area contributed by atoms with E-state index < -0.39 is 0 Å². The number of anilines is 1. The maximum Gasteiger partial charge on any atom is 0.0687 e. The molecule has 1 aromatic rings. The predicted octanol–water partition coefficient (Wildman–Crippen LogP) is 2.45. The minimum Gasteiger partial charge on any atom is -0.376 e. The van der Waals surface area contributed by atoms with Gasteiger partial charge in [0, 0.05) is 17.8 Å². The second-order valence-corrected chi connectivity index (χ2v) is 4.01. The Bertz CT molecular complexity index is 382. The molecule has 2 heteroatoms. The molecule has 72 valence electrons. The van der Waals surface area contributed by atoms with Gasteiger partial charge in [-0.3, -0.25) is 4.99 Å². The standard InChI is InChI=1S/C12H14N2/c1-2-6-10-9(5-1)12-11(14-10)7-3-4-8-13-12/h1-2,5-6,11,14H,3-4,7-8H2. The quantitative estimate of drug-likeness (QED) is 0.661. The largest absolute Gasteiger partial charge is 0.376 e. The van der Waals surface area contributed by atoms with Crippen LogP contribution in [0.1, 0.15) is 24.8 Å². The predicted molar refractivity (Wildman–Crippen MR) is 59.1 cm³/mol. The number of rotatable bonds is 0. The highest BCUT2D eigenvalue weighted by molar-refractivity contribution is 6.13. The second-order valence-electron chi connectivity index (χ2n) is 4.01. The van der Waals surface area contributed by atoms with Crippen molar-refractivity contribution < 1.29 is 0 Å². The van der Waals surface area contributed by atoms with Crippen molar-refractivity contribution in [1.29, 1.82) is 0 Å². The maximum absolute atomic E-state index is 4.68. The molecule has 0 bridgehead atoms. The monoisotopic (exact) mass is 186 g/mol. The number of para-hydroxylation sites is 1. The Labute approximate surface area is 84.1 Å². The molecule has 14 heavy (non-hydrogen) atoms. The van der Waals surface area contributed by atoms with E-state index >= 15 is 0 Å². The molecule has 3 rings (SSSR count). The summed E-state index contributed by atoms with van der Waals surface area (Å²) in [5.74, 6) is 0. The Kier molecular flexibility index (Phi) is 1.79. The molecule has 1 unspecified atom stereocenters. The lowest BCUT2D eigenvalue weighted by atomic mass is 10.0. The lowest BCUT2D eigenvalue weighted by Gasteiger charge is -2.08. The van der Waals surface area contributed by atoms with Crippen molar-refractivity contribution in [3.05, 3.63) is 29.8 Å². The molecule has 0 saturated heterocycles. The third-order valence-corrected chi connectivity index (χ3v) is 3.05. The molecule has 1 aromatic carbocycles. The van der Waals surface area contributed by atoms with E-state index in [0.717, 1.165) is 6.54 Å². The van der Waals surface area contributed by atoms with Crippen LogP contribution in [0.4, 0.5) is 5.69 Å². The van der Waals surface area contributed by atoms with Crippen LogP contribution in [-0.4, -0.2) is 18.3 Å². The first-order valence-electron chi connectivity index (χ1n) is 5.35.